The number of nitrogens with one attached hydrogen (secondary N) is 1. The predicted octanol–water partition coefficient (Wildman–Crippen LogP) is 5.55. The number of H-pyrrole nitrogens is 1. The minimum absolute atomic E-state index is 0.744. The Morgan fingerprint density at radius 3 is 1.82 bits per heavy atom. The zero-order valence-electron chi connectivity index (χ0n) is 11.8. The lowest BCUT2D eigenvalue weighted by Crippen LogP contribution is -1.80. The summed E-state index contributed by atoms with van der Waals surface area (Å²) < 4.78 is 0. The number of rotatable bonds is 2. The van der Waals surface area contributed by atoms with E-state index in [9.17, 15) is 0 Å². The van der Waals surface area contributed by atoms with Crippen LogP contribution in [0.15, 0.2) is 73.1 Å². The van der Waals surface area contributed by atoms with Crippen LogP contribution in [0, 0.1) is 0 Å². The minimum atomic E-state index is 0.744. The summed E-state index contributed by atoms with van der Waals surface area (Å²) in [5.74, 6) is 0. The Hall–Kier alpha value is -2.58. The molecular formula is C19H13ClN2. The zero-order valence-corrected chi connectivity index (χ0v) is 12.5. The molecule has 0 aliphatic carbocycles. The fraction of sp³-hybridized carbons (Fsp3) is 0. The van der Waals surface area contributed by atoms with Crippen molar-refractivity contribution < 1.29 is 0 Å². The van der Waals surface area contributed by atoms with Crippen molar-refractivity contribution in [3.05, 3.63) is 78.1 Å². The van der Waals surface area contributed by atoms with E-state index in [0.29, 0.717) is 0 Å². The van der Waals surface area contributed by atoms with Gasteiger partial charge in [-0.05, 0) is 29.8 Å². The number of hydrogen-bond acceptors (Lipinski definition) is 1. The summed E-state index contributed by atoms with van der Waals surface area (Å²) in [7, 11) is 0. The number of pyridine rings is 1. The standard InChI is InChI=1S/C19H13ClN2/c20-15-7-5-13(6-8-15)18-16-3-1-2-4-17(16)19(22-18)14-9-11-21-12-10-14/h1-12,22H. The Morgan fingerprint density at radius 2 is 1.23 bits per heavy atom. The van der Waals surface area contributed by atoms with E-state index in [1.54, 1.807) is 0 Å². The maximum absolute atomic E-state index is 6.00. The first kappa shape index (κ1) is 13.1. The molecule has 0 amide bonds. The molecule has 0 fully saturated rings. The fourth-order valence-corrected chi connectivity index (χ4v) is 2.90. The van der Waals surface area contributed by atoms with Crippen LogP contribution in [0.3, 0.4) is 0 Å². The van der Waals surface area contributed by atoms with E-state index in [0.717, 1.165) is 27.5 Å². The van der Waals surface area contributed by atoms with Gasteiger partial charge in [0.1, 0.15) is 0 Å². The summed E-state index contributed by atoms with van der Waals surface area (Å²) in [6.07, 6.45) is 3.62. The molecule has 0 saturated heterocycles. The molecule has 0 spiro atoms. The van der Waals surface area contributed by atoms with E-state index in [4.69, 9.17) is 11.6 Å². The molecule has 0 unspecified atom stereocenters. The van der Waals surface area contributed by atoms with Crippen LogP contribution in [-0.4, -0.2) is 9.97 Å². The molecule has 0 radical (unpaired) electrons. The largest absolute Gasteiger partial charge is 0.354 e. The van der Waals surface area contributed by atoms with Crippen molar-refractivity contribution in [3.63, 3.8) is 0 Å². The molecule has 0 saturated carbocycles. The lowest BCUT2D eigenvalue weighted by molar-refractivity contribution is 1.31. The van der Waals surface area contributed by atoms with Crippen LogP contribution >= 0.6 is 11.6 Å². The van der Waals surface area contributed by atoms with Crippen molar-refractivity contribution in [2.75, 3.05) is 0 Å². The number of benzene rings is 2. The third-order valence-electron chi connectivity index (χ3n) is 3.82. The van der Waals surface area contributed by atoms with Crippen LogP contribution in [-0.2, 0) is 0 Å². The van der Waals surface area contributed by atoms with E-state index >= 15 is 0 Å². The fourth-order valence-electron chi connectivity index (χ4n) is 2.77. The Balaban J connectivity index is 1.99. The number of hydrogen-bond donors (Lipinski definition) is 1. The van der Waals surface area contributed by atoms with Crippen LogP contribution < -0.4 is 0 Å². The van der Waals surface area contributed by atoms with E-state index in [2.05, 4.69) is 34.2 Å². The molecule has 106 valence electrons. The average Bonchev–Trinajstić information content (AvgIpc) is 2.96. The van der Waals surface area contributed by atoms with Gasteiger partial charge in [0.2, 0.25) is 0 Å². The second-order valence-corrected chi connectivity index (χ2v) is 5.60. The lowest BCUT2D eigenvalue weighted by atomic mass is 10.1. The van der Waals surface area contributed by atoms with Gasteiger partial charge in [0.25, 0.3) is 0 Å². The van der Waals surface area contributed by atoms with E-state index in [-0.39, 0.29) is 0 Å². The monoisotopic (exact) mass is 304 g/mol. The van der Waals surface area contributed by atoms with Crippen molar-refractivity contribution in [2.45, 2.75) is 0 Å². The third kappa shape index (κ3) is 2.18. The SMILES string of the molecule is Clc1ccc(-c2[nH]c(-c3ccncc3)c3ccccc23)cc1. The van der Waals surface area contributed by atoms with Gasteiger partial charge in [-0.15, -0.1) is 0 Å². The Bertz CT molecular complexity index is 925. The van der Waals surface area contributed by atoms with E-state index in [1.165, 1.54) is 10.8 Å². The summed E-state index contributed by atoms with van der Waals surface area (Å²) in [6, 6.07) is 20.3. The number of halogens is 1. The molecule has 4 rings (SSSR count). The average molecular weight is 305 g/mol. The number of fused-ring (bicyclic) bond motifs is 1. The van der Waals surface area contributed by atoms with Gasteiger partial charge in [0, 0.05) is 33.8 Å². The molecule has 0 aliphatic rings. The van der Waals surface area contributed by atoms with Gasteiger partial charge >= 0.3 is 0 Å². The first-order valence-electron chi connectivity index (χ1n) is 7.10. The molecule has 2 aromatic heterocycles. The molecule has 0 bridgehead atoms. The van der Waals surface area contributed by atoms with Crippen molar-refractivity contribution >= 4 is 22.4 Å². The maximum Gasteiger partial charge on any atom is 0.0539 e. The van der Waals surface area contributed by atoms with Gasteiger partial charge in [-0.3, -0.25) is 4.98 Å². The molecule has 2 aromatic carbocycles. The van der Waals surface area contributed by atoms with E-state index in [1.807, 2.05) is 48.8 Å². The topological polar surface area (TPSA) is 28.7 Å². The summed E-state index contributed by atoms with van der Waals surface area (Å²) in [4.78, 5) is 7.67. The highest BCUT2D eigenvalue weighted by molar-refractivity contribution is 6.30. The molecule has 4 aromatic rings. The van der Waals surface area contributed by atoms with Crippen molar-refractivity contribution in [3.8, 4) is 22.5 Å². The smallest absolute Gasteiger partial charge is 0.0539 e. The van der Waals surface area contributed by atoms with Crippen LogP contribution in [0.1, 0.15) is 0 Å². The Kier molecular flexibility index (Phi) is 3.17. The summed E-state index contributed by atoms with van der Waals surface area (Å²) >= 11 is 6.00. The molecule has 22 heavy (non-hydrogen) atoms. The quantitative estimate of drug-likeness (QED) is 0.516. The maximum atomic E-state index is 6.00. The molecule has 0 atom stereocenters. The van der Waals surface area contributed by atoms with Gasteiger partial charge in [-0.25, -0.2) is 0 Å². The highest BCUT2D eigenvalue weighted by atomic mass is 35.5. The van der Waals surface area contributed by atoms with Gasteiger partial charge in [-0.2, -0.15) is 0 Å². The second-order valence-electron chi connectivity index (χ2n) is 5.16. The molecule has 3 heteroatoms. The summed E-state index contributed by atoms with van der Waals surface area (Å²) in [6.45, 7) is 0. The van der Waals surface area contributed by atoms with Gasteiger partial charge in [0.05, 0.1) is 11.4 Å². The predicted molar refractivity (Wildman–Crippen MR) is 92.0 cm³/mol. The van der Waals surface area contributed by atoms with Crippen LogP contribution in [0.4, 0.5) is 0 Å². The Labute approximate surface area is 133 Å². The van der Waals surface area contributed by atoms with Crippen LogP contribution in [0.5, 0.6) is 0 Å². The highest BCUT2D eigenvalue weighted by Gasteiger charge is 2.12. The number of aromatic nitrogens is 2. The lowest BCUT2D eigenvalue weighted by Gasteiger charge is -2.00. The summed E-state index contributed by atoms with van der Waals surface area (Å²) in [5, 5.41) is 3.16. The molecule has 1 N–H and O–H groups in total. The van der Waals surface area contributed by atoms with Gasteiger partial charge in [-0.1, -0.05) is 48.0 Å². The molecular weight excluding hydrogens is 292 g/mol. The van der Waals surface area contributed by atoms with Crippen LogP contribution in [0.25, 0.3) is 33.3 Å². The first-order chi connectivity index (χ1) is 10.8. The van der Waals surface area contributed by atoms with Crippen molar-refractivity contribution in [1.82, 2.24) is 9.97 Å². The summed E-state index contributed by atoms with van der Waals surface area (Å²) in [5.41, 5.74) is 4.48. The molecule has 2 heterocycles. The van der Waals surface area contributed by atoms with E-state index < -0.39 is 0 Å². The normalized spacial score (nSPS) is 11.0. The number of nitrogens with zero attached hydrogens (tertiary/aromatic N) is 1. The molecule has 0 aliphatic heterocycles. The third-order valence-corrected chi connectivity index (χ3v) is 4.07. The number of aromatic amines is 1. The van der Waals surface area contributed by atoms with Crippen molar-refractivity contribution in [1.29, 1.82) is 0 Å². The van der Waals surface area contributed by atoms with Gasteiger partial charge in [0.15, 0.2) is 0 Å². The Morgan fingerprint density at radius 1 is 0.682 bits per heavy atom. The molecule has 2 nitrogen and oxygen atoms in total. The van der Waals surface area contributed by atoms with Gasteiger partial charge < -0.3 is 4.98 Å². The van der Waals surface area contributed by atoms with Crippen molar-refractivity contribution in [2.24, 2.45) is 0 Å². The minimum Gasteiger partial charge on any atom is -0.354 e. The van der Waals surface area contributed by atoms with Crippen LogP contribution in [0.2, 0.25) is 5.02 Å². The first-order valence-corrected chi connectivity index (χ1v) is 7.48. The highest BCUT2D eigenvalue weighted by Crippen LogP contribution is 2.35. The zero-order chi connectivity index (χ0) is 14.9. The second kappa shape index (κ2) is 5.32.